The van der Waals surface area contributed by atoms with Crippen LogP contribution >= 0.6 is 11.8 Å². The highest BCUT2D eigenvalue weighted by molar-refractivity contribution is 7.98. The predicted molar refractivity (Wildman–Crippen MR) is 95.6 cm³/mol. The summed E-state index contributed by atoms with van der Waals surface area (Å²) >= 11 is 1.73. The van der Waals surface area contributed by atoms with E-state index < -0.39 is 5.79 Å². The minimum absolute atomic E-state index is 0.0173. The highest BCUT2D eigenvalue weighted by Crippen LogP contribution is 2.40. The van der Waals surface area contributed by atoms with E-state index in [1.54, 1.807) is 11.8 Å². The molecule has 1 aromatic carbocycles. The Morgan fingerprint density at radius 1 is 1.38 bits per heavy atom. The summed E-state index contributed by atoms with van der Waals surface area (Å²) in [5.41, 5.74) is 2.27. The lowest BCUT2D eigenvalue weighted by Gasteiger charge is -2.44. The summed E-state index contributed by atoms with van der Waals surface area (Å²) in [6.45, 7) is 6.76. The number of carbonyl (C=O) groups is 1. The molecule has 0 bridgehead atoms. The number of carbonyl (C=O) groups excluding carboxylic acids is 1. The third-order valence-electron chi connectivity index (χ3n) is 4.68. The fourth-order valence-corrected chi connectivity index (χ4v) is 3.80. The summed E-state index contributed by atoms with van der Waals surface area (Å²) in [5.74, 6) is 0.378. The molecule has 2 amide bonds. The first-order valence-electron chi connectivity index (χ1n) is 8.60. The molecule has 0 atom stereocenters. The molecule has 1 saturated heterocycles. The van der Waals surface area contributed by atoms with Gasteiger partial charge < -0.3 is 19.7 Å². The third kappa shape index (κ3) is 3.49. The maximum atomic E-state index is 12.1. The minimum Gasteiger partial charge on any atom is -0.462 e. The quantitative estimate of drug-likeness (QED) is 0.847. The molecule has 1 spiro atoms. The number of hydrogen-bond donors (Lipinski definition) is 1. The van der Waals surface area contributed by atoms with Crippen molar-refractivity contribution in [1.29, 1.82) is 0 Å². The molecule has 3 rings (SSSR count). The van der Waals surface area contributed by atoms with Crippen LogP contribution in [0.2, 0.25) is 0 Å². The summed E-state index contributed by atoms with van der Waals surface area (Å²) in [6.07, 6.45) is 4.43. The maximum Gasteiger partial charge on any atom is 0.317 e. The second-order valence-electron chi connectivity index (χ2n) is 6.45. The van der Waals surface area contributed by atoms with Crippen LogP contribution in [0.3, 0.4) is 0 Å². The Morgan fingerprint density at radius 3 is 2.79 bits per heavy atom. The molecule has 0 aliphatic carbocycles. The van der Waals surface area contributed by atoms with Gasteiger partial charge in [-0.05, 0) is 37.3 Å². The number of urea groups is 1. The van der Waals surface area contributed by atoms with Crippen molar-refractivity contribution in [1.82, 2.24) is 10.2 Å². The number of likely N-dealkylation sites (tertiary alicyclic amines) is 1. The van der Waals surface area contributed by atoms with Crippen molar-refractivity contribution in [3.8, 4) is 5.75 Å². The fourth-order valence-electron chi connectivity index (χ4n) is 3.25. The smallest absolute Gasteiger partial charge is 0.317 e. The van der Waals surface area contributed by atoms with Crippen LogP contribution in [0.15, 0.2) is 17.0 Å². The molecule has 2 aliphatic heterocycles. The van der Waals surface area contributed by atoms with Gasteiger partial charge in [-0.1, -0.05) is 6.92 Å². The molecule has 0 unspecified atom stereocenters. The van der Waals surface area contributed by atoms with E-state index in [0.29, 0.717) is 32.5 Å². The van der Waals surface area contributed by atoms with E-state index >= 15 is 0 Å². The fraction of sp³-hybridized carbons (Fsp3) is 0.611. The summed E-state index contributed by atoms with van der Waals surface area (Å²) in [5, 5.41) is 2.93. The van der Waals surface area contributed by atoms with Crippen molar-refractivity contribution >= 4 is 17.8 Å². The summed E-state index contributed by atoms with van der Waals surface area (Å²) < 4.78 is 12.4. The average Bonchev–Trinajstić information content (AvgIpc) is 2.61. The molecule has 24 heavy (non-hydrogen) atoms. The Balaban J connectivity index is 1.67. The second kappa shape index (κ2) is 7.23. The molecule has 0 radical (unpaired) electrons. The van der Waals surface area contributed by atoms with Gasteiger partial charge in [0.25, 0.3) is 0 Å². The van der Waals surface area contributed by atoms with E-state index in [-0.39, 0.29) is 6.03 Å². The number of hydrogen-bond acceptors (Lipinski definition) is 4. The summed E-state index contributed by atoms with van der Waals surface area (Å²) in [7, 11) is 0. The topological polar surface area (TPSA) is 50.8 Å². The number of piperidine rings is 1. The molecule has 0 saturated carbocycles. The zero-order valence-electron chi connectivity index (χ0n) is 14.7. The van der Waals surface area contributed by atoms with Crippen molar-refractivity contribution in [2.75, 3.05) is 25.9 Å². The van der Waals surface area contributed by atoms with Gasteiger partial charge in [0.2, 0.25) is 5.79 Å². The molecule has 5 nitrogen and oxygen atoms in total. The van der Waals surface area contributed by atoms with Crippen LogP contribution in [0.1, 0.15) is 37.3 Å². The highest BCUT2D eigenvalue weighted by atomic mass is 32.2. The van der Waals surface area contributed by atoms with Crippen LogP contribution in [-0.4, -0.2) is 42.6 Å². The lowest BCUT2D eigenvalue weighted by Crippen LogP contribution is -2.54. The largest absolute Gasteiger partial charge is 0.462 e. The molecule has 0 aromatic heterocycles. The second-order valence-corrected chi connectivity index (χ2v) is 7.33. The van der Waals surface area contributed by atoms with Gasteiger partial charge >= 0.3 is 6.03 Å². The van der Waals surface area contributed by atoms with Crippen molar-refractivity contribution in [3.63, 3.8) is 0 Å². The van der Waals surface area contributed by atoms with E-state index in [9.17, 15) is 4.79 Å². The number of nitrogens with one attached hydrogen (secondary N) is 1. The van der Waals surface area contributed by atoms with Crippen molar-refractivity contribution in [2.24, 2.45) is 0 Å². The first-order valence-corrected chi connectivity index (χ1v) is 9.82. The van der Waals surface area contributed by atoms with Crippen LogP contribution in [0, 0.1) is 6.92 Å². The number of thioether (sulfide) groups is 1. The van der Waals surface area contributed by atoms with Crippen molar-refractivity contribution in [3.05, 3.63) is 23.3 Å². The summed E-state index contributed by atoms with van der Waals surface area (Å²) in [4.78, 5) is 15.2. The Labute approximate surface area is 148 Å². The van der Waals surface area contributed by atoms with Crippen LogP contribution < -0.4 is 10.1 Å². The van der Waals surface area contributed by atoms with Crippen LogP contribution in [0.5, 0.6) is 5.75 Å². The molecule has 2 aliphatic rings. The monoisotopic (exact) mass is 350 g/mol. The average molecular weight is 350 g/mol. The van der Waals surface area contributed by atoms with Gasteiger partial charge in [0, 0.05) is 42.9 Å². The number of ether oxygens (including phenoxy) is 2. The Morgan fingerprint density at radius 2 is 2.12 bits per heavy atom. The predicted octanol–water partition coefficient (Wildman–Crippen LogP) is 3.54. The van der Waals surface area contributed by atoms with Gasteiger partial charge in [-0.2, -0.15) is 0 Å². The Hall–Kier alpha value is -1.40. The standard InChI is InChI=1S/C18H26N2O3S/c1-4-7-19-17(21)20-8-5-18(6-9-20)22-12-14-11-15(24-3)10-13(2)16(14)23-18/h10-11H,4-9,12H2,1-3H3,(H,19,21). The number of nitrogens with zero attached hydrogens (tertiary/aromatic N) is 1. The normalized spacial score (nSPS) is 18.9. The molecule has 1 N–H and O–H groups in total. The van der Waals surface area contributed by atoms with Gasteiger partial charge in [0.05, 0.1) is 6.61 Å². The van der Waals surface area contributed by atoms with Gasteiger partial charge in [0.1, 0.15) is 5.75 Å². The summed E-state index contributed by atoms with van der Waals surface area (Å²) in [6, 6.07) is 4.33. The van der Waals surface area contributed by atoms with E-state index in [2.05, 4.69) is 37.6 Å². The molecular formula is C18H26N2O3S. The zero-order valence-corrected chi connectivity index (χ0v) is 15.5. The van der Waals surface area contributed by atoms with E-state index in [1.807, 2.05) is 4.90 Å². The highest BCUT2D eigenvalue weighted by Gasteiger charge is 2.42. The van der Waals surface area contributed by atoms with Crippen LogP contribution in [-0.2, 0) is 11.3 Å². The maximum absolute atomic E-state index is 12.1. The number of fused-ring (bicyclic) bond motifs is 1. The van der Waals surface area contributed by atoms with E-state index in [1.165, 1.54) is 4.90 Å². The lowest BCUT2D eigenvalue weighted by molar-refractivity contribution is -0.225. The van der Waals surface area contributed by atoms with Crippen LogP contribution in [0.25, 0.3) is 0 Å². The molecule has 1 fully saturated rings. The van der Waals surface area contributed by atoms with Gasteiger partial charge in [0.15, 0.2) is 0 Å². The number of benzene rings is 1. The number of aryl methyl sites for hydroxylation is 1. The van der Waals surface area contributed by atoms with Gasteiger partial charge in [-0.3, -0.25) is 0 Å². The molecule has 2 heterocycles. The third-order valence-corrected chi connectivity index (χ3v) is 5.39. The first-order chi connectivity index (χ1) is 11.6. The zero-order chi connectivity index (χ0) is 17.2. The molecule has 6 heteroatoms. The first kappa shape index (κ1) is 17.4. The van der Waals surface area contributed by atoms with E-state index in [4.69, 9.17) is 9.47 Å². The molecular weight excluding hydrogens is 324 g/mol. The van der Waals surface area contributed by atoms with Gasteiger partial charge in [-0.15, -0.1) is 11.8 Å². The molecule has 132 valence electrons. The Bertz CT molecular complexity index is 613. The van der Waals surface area contributed by atoms with Crippen LogP contribution in [0.4, 0.5) is 4.79 Å². The SMILES string of the molecule is CCCNC(=O)N1CCC2(CC1)OCc1cc(SC)cc(C)c1O2. The van der Waals surface area contributed by atoms with E-state index in [0.717, 1.165) is 29.8 Å². The lowest BCUT2D eigenvalue weighted by atomic mass is 10.0. The molecule has 1 aromatic rings. The number of rotatable bonds is 3. The van der Waals surface area contributed by atoms with Crippen molar-refractivity contribution in [2.45, 2.75) is 50.4 Å². The number of amides is 2. The van der Waals surface area contributed by atoms with Crippen molar-refractivity contribution < 1.29 is 14.3 Å². The Kier molecular flexibility index (Phi) is 5.25. The van der Waals surface area contributed by atoms with Gasteiger partial charge in [-0.25, -0.2) is 4.79 Å². The minimum atomic E-state index is -0.583.